The molecule has 0 amide bonds. The average molecular weight is 324 g/mol. The van der Waals surface area contributed by atoms with Crippen LogP contribution in [0.25, 0.3) is 0 Å². The monoisotopic (exact) mass is 324 g/mol. The lowest BCUT2D eigenvalue weighted by Gasteiger charge is -2.11. The van der Waals surface area contributed by atoms with Crippen molar-refractivity contribution in [2.45, 2.75) is 47.1 Å². The Kier molecular flexibility index (Phi) is 4.56. The number of nitrogen functional groups attached to an aromatic ring is 1. The predicted octanol–water partition coefficient (Wildman–Crippen LogP) is 1.74. The van der Waals surface area contributed by atoms with Gasteiger partial charge in [-0.25, -0.2) is 20.5 Å². The third kappa shape index (κ3) is 3.27. The van der Waals surface area contributed by atoms with Crippen LogP contribution in [0.4, 0.5) is 5.82 Å². The molecule has 0 aliphatic heterocycles. The molecule has 3 N–H and O–H groups in total. The van der Waals surface area contributed by atoms with E-state index in [-0.39, 0.29) is 0 Å². The Labute approximate surface area is 130 Å². The molecule has 0 spiro atoms. The molecule has 21 heavy (non-hydrogen) atoms. The number of hydrogen-bond acceptors (Lipinski definition) is 9. The third-order valence-electron chi connectivity index (χ3n) is 3.34. The van der Waals surface area contributed by atoms with E-state index < -0.39 is 0 Å². The largest absolute Gasteiger partial charge is 0.308 e. The maximum Gasteiger partial charge on any atom is 0.215 e. The molecule has 2 aromatic heterocycles. The van der Waals surface area contributed by atoms with E-state index >= 15 is 0 Å². The van der Waals surface area contributed by atoms with Crippen LogP contribution in [0, 0.1) is 0 Å². The van der Waals surface area contributed by atoms with E-state index in [1.807, 2.05) is 10.9 Å². The van der Waals surface area contributed by atoms with Crippen molar-refractivity contribution in [3.05, 3.63) is 6.07 Å². The van der Waals surface area contributed by atoms with Gasteiger partial charge in [0.15, 0.2) is 5.16 Å². The molecule has 1 fully saturated rings. The number of nitrogens with one attached hydrogen (secondary N) is 1. The second-order valence-electron chi connectivity index (χ2n) is 4.67. The predicted molar refractivity (Wildman–Crippen MR) is 81.1 cm³/mol. The summed E-state index contributed by atoms with van der Waals surface area (Å²) in [5.41, 5.74) is 2.56. The second kappa shape index (κ2) is 6.58. The smallest absolute Gasteiger partial charge is 0.215 e. The van der Waals surface area contributed by atoms with Gasteiger partial charge < -0.3 is 5.43 Å². The van der Waals surface area contributed by atoms with Gasteiger partial charge in [-0.15, -0.1) is 5.10 Å². The number of aromatic nitrogens is 6. The molecule has 3 rings (SSSR count). The summed E-state index contributed by atoms with van der Waals surface area (Å²) < 4.78 is 1.91. The summed E-state index contributed by atoms with van der Waals surface area (Å²) >= 11 is 2.90. The van der Waals surface area contributed by atoms with Crippen molar-refractivity contribution in [2.75, 3.05) is 11.7 Å². The number of tetrazole rings is 1. The minimum atomic E-state index is 0.400. The van der Waals surface area contributed by atoms with E-state index in [1.54, 1.807) is 6.07 Å². The van der Waals surface area contributed by atoms with Crippen molar-refractivity contribution >= 4 is 29.3 Å². The summed E-state index contributed by atoms with van der Waals surface area (Å²) in [6.07, 6.45) is 6.66. The molecular weight excluding hydrogens is 308 g/mol. The molecule has 2 aromatic rings. The van der Waals surface area contributed by atoms with E-state index in [4.69, 9.17) is 5.84 Å². The maximum absolute atomic E-state index is 5.44. The Morgan fingerprint density at radius 3 is 2.86 bits per heavy atom. The average Bonchev–Trinajstić information content (AvgIpc) is 3.17. The van der Waals surface area contributed by atoms with Gasteiger partial charge in [0, 0.05) is 6.07 Å². The SMILES string of the molecule is CSc1nc(NN)cc(Sc2nnnn2C2CCCC2)n1. The zero-order chi connectivity index (χ0) is 14.7. The van der Waals surface area contributed by atoms with Crippen LogP contribution in [0.15, 0.2) is 21.4 Å². The van der Waals surface area contributed by atoms with E-state index in [1.165, 1.54) is 36.4 Å². The molecule has 0 atom stereocenters. The summed E-state index contributed by atoms with van der Waals surface area (Å²) in [5.74, 6) is 6.02. The normalized spacial score (nSPS) is 15.5. The lowest BCUT2D eigenvalue weighted by molar-refractivity contribution is 0.423. The van der Waals surface area contributed by atoms with Crippen LogP contribution in [-0.2, 0) is 0 Å². The number of hydrazine groups is 1. The highest BCUT2D eigenvalue weighted by Crippen LogP contribution is 2.33. The highest BCUT2D eigenvalue weighted by molar-refractivity contribution is 7.99. The van der Waals surface area contributed by atoms with Gasteiger partial charge in [-0.05, 0) is 41.3 Å². The first-order valence-electron chi connectivity index (χ1n) is 6.65. The van der Waals surface area contributed by atoms with Crippen LogP contribution >= 0.6 is 23.5 Å². The summed E-state index contributed by atoms with van der Waals surface area (Å²) in [7, 11) is 0. The minimum Gasteiger partial charge on any atom is -0.308 e. The van der Waals surface area contributed by atoms with Crippen LogP contribution in [0.2, 0.25) is 0 Å². The number of thioether (sulfide) groups is 1. The van der Waals surface area contributed by atoms with Gasteiger partial charge in [-0.2, -0.15) is 0 Å². The molecule has 112 valence electrons. The fourth-order valence-corrected chi connectivity index (χ4v) is 3.63. The molecule has 0 saturated heterocycles. The minimum absolute atomic E-state index is 0.400. The molecule has 0 radical (unpaired) electrons. The van der Waals surface area contributed by atoms with E-state index in [0.29, 0.717) is 17.0 Å². The first kappa shape index (κ1) is 14.5. The van der Waals surface area contributed by atoms with Gasteiger partial charge in [0.2, 0.25) is 5.16 Å². The standard InChI is InChI=1S/C11H16N8S2/c1-20-10-13-8(15-12)6-9(14-10)21-11-16-17-18-19(11)7-4-2-3-5-7/h6-7H,2-5,12H2,1H3,(H,13,14,15). The molecule has 0 unspecified atom stereocenters. The van der Waals surface area contributed by atoms with Gasteiger partial charge in [0.05, 0.1) is 6.04 Å². The van der Waals surface area contributed by atoms with Gasteiger partial charge >= 0.3 is 0 Å². The third-order valence-corrected chi connectivity index (χ3v) is 4.76. The molecule has 1 aliphatic carbocycles. The van der Waals surface area contributed by atoms with Crippen molar-refractivity contribution in [1.29, 1.82) is 0 Å². The number of nitrogens with two attached hydrogens (primary N) is 1. The van der Waals surface area contributed by atoms with Crippen molar-refractivity contribution in [1.82, 2.24) is 30.2 Å². The topological polar surface area (TPSA) is 107 Å². The Hall–Kier alpha value is -1.39. The zero-order valence-corrected chi connectivity index (χ0v) is 13.2. The summed E-state index contributed by atoms with van der Waals surface area (Å²) in [6.45, 7) is 0. The molecular formula is C11H16N8S2. The molecule has 2 heterocycles. The van der Waals surface area contributed by atoms with Crippen molar-refractivity contribution in [3.63, 3.8) is 0 Å². The molecule has 0 aromatic carbocycles. The summed E-state index contributed by atoms with van der Waals surface area (Å²) in [6, 6.07) is 2.19. The Morgan fingerprint density at radius 1 is 1.33 bits per heavy atom. The van der Waals surface area contributed by atoms with Crippen LogP contribution in [0.1, 0.15) is 31.7 Å². The van der Waals surface area contributed by atoms with Crippen molar-refractivity contribution < 1.29 is 0 Å². The van der Waals surface area contributed by atoms with Gasteiger partial charge in [-0.3, -0.25) is 0 Å². The Morgan fingerprint density at radius 2 is 2.14 bits per heavy atom. The highest BCUT2D eigenvalue weighted by Gasteiger charge is 2.22. The van der Waals surface area contributed by atoms with Crippen LogP contribution in [-0.4, -0.2) is 36.4 Å². The highest BCUT2D eigenvalue weighted by atomic mass is 32.2. The first-order chi connectivity index (χ1) is 10.3. The molecule has 8 nitrogen and oxygen atoms in total. The van der Waals surface area contributed by atoms with E-state index in [2.05, 4.69) is 30.9 Å². The summed E-state index contributed by atoms with van der Waals surface area (Å²) in [4.78, 5) is 8.70. The van der Waals surface area contributed by atoms with Crippen LogP contribution in [0.3, 0.4) is 0 Å². The molecule has 0 bridgehead atoms. The first-order valence-corrected chi connectivity index (χ1v) is 8.69. The van der Waals surface area contributed by atoms with Crippen molar-refractivity contribution in [3.8, 4) is 0 Å². The van der Waals surface area contributed by atoms with Gasteiger partial charge in [0.1, 0.15) is 10.8 Å². The van der Waals surface area contributed by atoms with Gasteiger partial charge in [-0.1, -0.05) is 24.6 Å². The molecule has 1 saturated carbocycles. The van der Waals surface area contributed by atoms with Crippen molar-refractivity contribution in [2.24, 2.45) is 5.84 Å². The maximum atomic E-state index is 5.44. The zero-order valence-electron chi connectivity index (χ0n) is 11.6. The molecule has 10 heteroatoms. The second-order valence-corrected chi connectivity index (χ2v) is 6.43. The molecule has 1 aliphatic rings. The number of rotatable bonds is 5. The fraction of sp³-hybridized carbons (Fsp3) is 0.545. The van der Waals surface area contributed by atoms with E-state index in [0.717, 1.165) is 23.0 Å². The number of hydrogen-bond donors (Lipinski definition) is 2. The summed E-state index contributed by atoms with van der Waals surface area (Å²) in [5, 5.41) is 14.2. The Bertz CT molecular complexity index is 588. The van der Waals surface area contributed by atoms with Crippen LogP contribution in [0.5, 0.6) is 0 Å². The Balaban J connectivity index is 1.85. The quantitative estimate of drug-likeness (QED) is 0.279. The van der Waals surface area contributed by atoms with E-state index in [9.17, 15) is 0 Å². The lowest BCUT2D eigenvalue weighted by Crippen LogP contribution is -2.10. The fourth-order valence-electron chi connectivity index (χ4n) is 2.35. The number of nitrogens with zero attached hydrogens (tertiary/aromatic N) is 6. The number of anilines is 1. The van der Waals surface area contributed by atoms with Gasteiger partial charge in [0.25, 0.3) is 0 Å². The van der Waals surface area contributed by atoms with Crippen LogP contribution < -0.4 is 11.3 Å². The lowest BCUT2D eigenvalue weighted by atomic mass is 10.3.